The van der Waals surface area contributed by atoms with Crippen LogP contribution in [0.4, 0.5) is 5.69 Å². The third kappa shape index (κ3) is 3.79. The predicted octanol–water partition coefficient (Wildman–Crippen LogP) is 3.83. The summed E-state index contributed by atoms with van der Waals surface area (Å²) < 4.78 is 18.3. The Bertz CT molecular complexity index is 1060. The van der Waals surface area contributed by atoms with Gasteiger partial charge in [0.05, 0.1) is 12.1 Å². The molecule has 1 aliphatic heterocycles. The van der Waals surface area contributed by atoms with Gasteiger partial charge in [0.2, 0.25) is 12.0 Å². The van der Waals surface area contributed by atoms with Crippen LogP contribution >= 0.6 is 0 Å². The first-order chi connectivity index (χ1) is 14.2. The number of para-hydroxylation sites is 3. The summed E-state index contributed by atoms with van der Waals surface area (Å²) in [6.45, 7) is 3.46. The van der Waals surface area contributed by atoms with E-state index in [9.17, 15) is 9.90 Å². The Morgan fingerprint density at radius 2 is 1.97 bits per heavy atom. The number of aromatic hydroxyl groups is 1. The minimum atomic E-state index is -0.887. The van der Waals surface area contributed by atoms with Crippen LogP contribution in [0.2, 0.25) is 0 Å². The molecule has 8 nitrogen and oxygen atoms in total. The molecule has 0 saturated heterocycles. The maximum atomic E-state index is 12.5. The van der Waals surface area contributed by atoms with Crippen LogP contribution < -0.4 is 9.47 Å². The molecule has 0 fully saturated rings. The van der Waals surface area contributed by atoms with Crippen LogP contribution in [0, 0.1) is 0 Å². The second-order valence-electron chi connectivity index (χ2n) is 6.44. The smallest absolute Gasteiger partial charge is 0.308 e. The van der Waals surface area contributed by atoms with Crippen molar-refractivity contribution in [2.45, 2.75) is 19.6 Å². The molecule has 1 aliphatic rings. The molecule has 0 unspecified atom stereocenters. The molecule has 29 heavy (non-hydrogen) atoms. The van der Waals surface area contributed by atoms with Crippen molar-refractivity contribution in [1.82, 2.24) is 4.57 Å². The Morgan fingerprint density at radius 1 is 1.21 bits per heavy atom. The summed E-state index contributed by atoms with van der Waals surface area (Å²) in [5.74, 6) is 0.435. The summed E-state index contributed by atoms with van der Waals surface area (Å²) in [4.78, 5) is 12.5. The van der Waals surface area contributed by atoms with E-state index in [0.29, 0.717) is 36.6 Å². The summed E-state index contributed by atoms with van der Waals surface area (Å²) in [7, 11) is 0. The van der Waals surface area contributed by atoms with Gasteiger partial charge in [0.25, 0.3) is 0 Å². The normalized spacial score (nSPS) is 15.8. The van der Waals surface area contributed by atoms with Crippen LogP contribution in [-0.4, -0.2) is 41.5 Å². The van der Waals surface area contributed by atoms with Gasteiger partial charge in [-0.2, -0.15) is 0 Å². The van der Waals surface area contributed by atoms with Gasteiger partial charge < -0.3 is 23.9 Å². The zero-order chi connectivity index (χ0) is 20.2. The Morgan fingerprint density at radius 3 is 2.79 bits per heavy atom. The number of fused-ring (bicyclic) bond motifs is 2. The maximum absolute atomic E-state index is 12.5. The molecule has 150 valence electrons. The molecule has 1 aromatic heterocycles. The fourth-order valence-electron chi connectivity index (χ4n) is 3.20. The molecule has 3 aromatic rings. The minimum Gasteiger partial charge on any atom is -0.493 e. The van der Waals surface area contributed by atoms with Gasteiger partial charge in [-0.3, -0.25) is 4.79 Å². The molecule has 1 amide bonds. The van der Waals surface area contributed by atoms with Crippen molar-refractivity contribution >= 4 is 22.5 Å². The number of aromatic nitrogens is 1. The monoisotopic (exact) mass is 395 g/mol. The van der Waals surface area contributed by atoms with Crippen LogP contribution in [0.1, 0.15) is 6.92 Å². The van der Waals surface area contributed by atoms with E-state index in [4.69, 9.17) is 14.2 Å². The summed E-state index contributed by atoms with van der Waals surface area (Å²) in [6.07, 6.45) is -0.887. The molecule has 1 atom stereocenters. The van der Waals surface area contributed by atoms with Crippen molar-refractivity contribution in [2.75, 3.05) is 19.8 Å². The van der Waals surface area contributed by atoms with Crippen LogP contribution in [0.3, 0.4) is 0 Å². The summed E-state index contributed by atoms with van der Waals surface area (Å²) in [5, 5.41) is 19.2. The minimum absolute atomic E-state index is 0.0525. The van der Waals surface area contributed by atoms with E-state index in [1.54, 1.807) is 22.8 Å². The molecule has 4 rings (SSSR count). The molecule has 8 heteroatoms. The SMILES string of the molecule is CCOCCn1c(O)c(N=NC(=O)[C@H]2COc3ccccc3O2)c2ccccc21. The quantitative estimate of drug-likeness (QED) is 0.506. The van der Waals surface area contributed by atoms with Crippen molar-refractivity contribution in [3.8, 4) is 17.4 Å². The Labute approximate surface area is 167 Å². The predicted molar refractivity (Wildman–Crippen MR) is 106 cm³/mol. The number of hydrogen-bond acceptors (Lipinski definition) is 6. The fraction of sp³-hybridized carbons (Fsp3) is 0.286. The van der Waals surface area contributed by atoms with Gasteiger partial charge in [0.1, 0.15) is 6.61 Å². The number of amides is 1. The molecule has 0 aliphatic carbocycles. The average Bonchev–Trinajstić information content (AvgIpc) is 3.03. The van der Waals surface area contributed by atoms with E-state index >= 15 is 0 Å². The van der Waals surface area contributed by atoms with Crippen molar-refractivity contribution < 1.29 is 24.1 Å². The number of azo groups is 1. The van der Waals surface area contributed by atoms with Crippen LogP contribution in [0.15, 0.2) is 58.8 Å². The highest BCUT2D eigenvalue weighted by atomic mass is 16.6. The highest BCUT2D eigenvalue weighted by molar-refractivity contribution is 5.95. The van der Waals surface area contributed by atoms with Crippen molar-refractivity contribution in [1.29, 1.82) is 0 Å². The Balaban J connectivity index is 1.57. The van der Waals surface area contributed by atoms with Crippen molar-refractivity contribution in [3.05, 3.63) is 48.5 Å². The lowest BCUT2D eigenvalue weighted by molar-refractivity contribution is -0.127. The van der Waals surface area contributed by atoms with Gasteiger partial charge in [0, 0.05) is 18.5 Å². The third-order valence-electron chi connectivity index (χ3n) is 4.61. The summed E-state index contributed by atoms with van der Waals surface area (Å²) >= 11 is 0. The van der Waals surface area contributed by atoms with Crippen molar-refractivity contribution in [3.63, 3.8) is 0 Å². The number of ether oxygens (including phenoxy) is 3. The standard InChI is InChI=1S/C21H21N3O5/c1-2-27-12-11-24-15-8-4-3-7-14(15)19(21(24)26)22-23-20(25)18-13-28-16-9-5-6-10-17(16)29-18/h3-10,18,26H,2,11-13H2,1H3/t18-/m1/s1. The molecule has 0 spiro atoms. The zero-order valence-electron chi connectivity index (χ0n) is 15.9. The fourth-order valence-corrected chi connectivity index (χ4v) is 3.20. The number of hydrogen-bond donors (Lipinski definition) is 1. The molecule has 0 bridgehead atoms. The van der Waals surface area contributed by atoms with Crippen molar-refractivity contribution in [2.24, 2.45) is 10.2 Å². The first kappa shape index (κ1) is 18.9. The third-order valence-corrected chi connectivity index (χ3v) is 4.61. The largest absolute Gasteiger partial charge is 0.493 e. The highest BCUT2D eigenvalue weighted by Crippen LogP contribution is 2.39. The second-order valence-corrected chi connectivity index (χ2v) is 6.44. The Hall–Kier alpha value is -3.39. The highest BCUT2D eigenvalue weighted by Gasteiger charge is 2.27. The second kappa shape index (κ2) is 8.32. The molecule has 1 N–H and O–H groups in total. The Kier molecular flexibility index (Phi) is 5.44. The molecule has 2 aromatic carbocycles. The summed E-state index contributed by atoms with van der Waals surface area (Å²) in [6, 6.07) is 14.5. The lowest BCUT2D eigenvalue weighted by Gasteiger charge is -2.23. The van der Waals surface area contributed by atoms with E-state index in [-0.39, 0.29) is 18.2 Å². The van der Waals surface area contributed by atoms with Crippen LogP contribution in [-0.2, 0) is 16.1 Å². The van der Waals surface area contributed by atoms with Crippen LogP contribution in [0.25, 0.3) is 10.9 Å². The van der Waals surface area contributed by atoms with Gasteiger partial charge in [0.15, 0.2) is 17.2 Å². The number of carbonyl (C=O) groups is 1. The molecule has 2 heterocycles. The molecule has 0 saturated carbocycles. The van der Waals surface area contributed by atoms with E-state index in [0.717, 1.165) is 5.52 Å². The van der Waals surface area contributed by atoms with Gasteiger partial charge in [-0.15, -0.1) is 10.2 Å². The van der Waals surface area contributed by atoms with E-state index in [1.807, 2.05) is 37.3 Å². The number of nitrogens with zero attached hydrogens (tertiary/aromatic N) is 3. The van der Waals surface area contributed by atoms with Gasteiger partial charge in [-0.05, 0) is 25.1 Å². The first-order valence-corrected chi connectivity index (χ1v) is 9.41. The number of benzene rings is 2. The van der Waals surface area contributed by atoms with Crippen LogP contribution in [0.5, 0.6) is 17.4 Å². The molecular formula is C21H21N3O5. The van der Waals surface area contributed by atoms with E-state index in [1.165, 1.54) is 0 Å². The zero-order valence-corrected chi connectivity index (χ0v) is 15.9. The first-order valence-electron chi connectivity index (χ1n) is 9.41. The maximum Gasteiger partial charge on any atom is 0.308 e. The number of rotatable bonds is 6. The molecular weight excluding hydrogens is 374 g/mol. The topological polar surface area (TPSA) is 94.6 Å². The van der Waals surface area contributed by atoms with Gasteiger partial charge >= 0.3 is 5.91 Å². The lowest BCUT2D eigenvalue weighted by atomic mass is 10.2. The average molecular weight is 395 g/mol. The van der Waals surface area contributed by atoms with Gasteiger partial charge in [-0.1, -0.05) is 30.3 Å². The van der Waals surface area contributed by atoms with Gasteiger partial charge in [-0.25, -0.2) is 0 Å². The summed E-state index contributed by atoms with van der Waals surface area (Å²) in [5.41, 5.74) is 1.03. The van der Waals surface area contributed by atoms with E-state index < -0.39 is 12.0 Å². The molecule has 0 radical (unpaired) electrons. The lowest BCUT2D eigenvalue weighted by Crippen LogP contribution is -2.35. The van der Waals surface area contributed by atoms with E-state index in [2.05, 4.69) is 10.2 Å². The number of carbonyl (C=O) groups excluding carboxylic acids is 1.